The van der Waals surface area contributed by atoms with Gasteiger partial charge in [-0.2, -0.15) is 0 Å². The van der Waals surface area contributed by atoms with E-state index in [1.54, 1.807) is 30.3 Å². The molecule has 0 saturated carbocycles. The average molecular weight is 359 g/mol. The molecule has 0 aliphatic heterocycles. The first-order chi connectivity index (χ1) is 11.9. The van der Waals surface area contributed by atoms with Crippen molar-refractivity contribution in [3.63, 3.8) is 0 Å². The minimum absolute atomic E-state index is 0.204. The number of aryl methyl sites for hydroxylation is 1. The minimum atomic E-state index is -1.32. The molecule has 2 aromatic rings. The summed E-state index contributed by atoms with van der Waals surface area (Å²) in [5.74, 6) is -1.09. The molecule has 0 aliphatic rings. The van der Waals surface area contributed by atoms with Crippen molar-refractivity contribution in [2.45, 2.75) is 31.3 Å². The van der Waals surface area contributed by atoms with Crippen molar-refractivity contribution in [1.29, 1.82) is 0 Å². The lowest BCUT2D eigenvalue weighted by atomic mass is 10.1. The van der Waals surface area contributed by atoms with E-state index in [0.29, 0.717) is 10.6 Å². The first kappa shape index (κ1) is 18.9. The van der Waals surface area contributed by atoms with Crippen molar-refractivity contribution >= 4 is 28.4 Å². The van der Waals surface area contributed by atoms with Crippen molar-refractivity contribution in [2.75, 3.05) is 11.6 Å². The van der Waals surface area contributed by atoms with Gasteiger partial charge in [-0.3, -0.25) is 9.00 Å². The van der Waals surface area contributed by atoms with E-state index in [1.807, 2.05) is 12.1 Å². The third kappa shape index (κ3) is 5.00. The molecule has 0 aromatic heterocycles. The van der Waals surface area contributed by atoms with Crippen LogP contribution in [-0.2, 0) is 26.8 Å². The number of nitrogens with one attached hydrogen (secondary N) is 1. The first-order valence-corrected chi connectivity index (χ1v) is 9.51. The van der Waals surface area contributed by atoms with Gasteiger partial charge in [-0.05, 0) is 43.2 Å². The molecule has 132 valence electrons. The molecule has 0 unspecified atom stereocenters. The van der Waals surface area contributed by atoms with E-state index in [0.717, 1.165) is 6.42 Å². The number of hydrogen-bond acceptors (Lipinski definition) is 4. The van der Waals surface area contributed by atoms with E-state index in [1.165, 1.54) is 24.8 Å². The summed E-state index contributed by atoms with van der Waals surface area (Å²) in [5, 5.41) is 2.71. The second kappa shape index (κ2) is 8.58. The largest absolute Gasteiger partial charge is 0.449 e. The number of ether oxygens (including phenoxy) is 1. The standard InChI is InChI=1S/C19H21NO4S/c1-4-14-9-11-15(12-10-14)20-18(21)13(2)24-19(22)16-7-5-6-8-17(16)25(3)23/h5-13H,4H2,1-3H3,(H,20,21)/t13-,25+/m1/s1. The number of hydrogen-bond donors (Lipinski definition) is 1. The molecule has 5 nitrogen and oxygen atoms in total. The van der Waals surface area contributed by atoms with E-state index in [4.69, 9.17) is 4.74 Å². The van der Waals surface area contributed by atoms with E-state index >= 15 is 0 Å². The molecular formula is C19H21NO4S. The van der Waals surface area contributed by atoms with Crippen LogP contribution in [0, 0.1) is 0 Å². The molecule has 2 aromatic carbocycles. The molecule has 2 atom stereocenters. The number of carbonyl (C=O) groups is 2. The van der Waals surface area contributed by atoms with E-state index in [9.17, 15) is 13.8 Å². The third-order valence-electron chi connectivity index (χ3n) is 3.70. The smallest absolute Gasteiger partial charge is 0.340 e. The molecule has 25 heavy (non-hydrogen) atoms. The summed E-state index contributed by atoms with van der Waals surface area (Å²) in [4.78, 5) is 24.9. The monoisotopic (exact) mass is 359 g/mol. The van der Waals surface area contributed by atoms with Gasteiger partial charge in [0.2, 0.25) is 0 Å². The molecule has 0 heterocycles. The average Bonchev–Trinajstić information content (AvgIpc) is 2.62. The van der Waals surface area contributed by atoms with Crippen molar-refractivity contribution in [3.05, 3.63) is 59.7 Å². The molecule has 0 fully saturated rings. The maximum Gasteiger partial charge on any atom is 0.340 e. The summed E-state index contributed by atoms with van der Waals surface area (Å²) in [7, 11) is -1.32. The second-order valence-electron chi connectivity index (χ2n) is 5.54. The Bertz CT molecular complexity index is 786. The van der Waals surface area contributed by atoms with Crippen molar-refractivity contribution in [1.82, 2.24) is 0 Å². The predicted octanol–water partition coefficient (Wildman–Crippen LogP) is 3.17. The Labute approximate surface area is 149 Å². The molecule has 6 heteroatoms. The van der Waals surface area contributed by atoms with Gasteiger partial charge >= 0.3 is 5.97 Å². The first-order valence-electron chi connectivity index (χ1n) is 7.95. The molecule has 0 saturated heterocycles. The summed E-state index contributed by atoms with van der Waals surface area (Å²) >= 11 is 0. The van der Waals surface area contributed by atoms with Crippen LogP contribution in [0.3, 0.4) is 0 Å². The zero-order valence-electron chi connectivity index (χ0n) is 14.4. The van der Waals surface area contributed by atoms with Gasteiger partial charge in [-0.25, -0.2) is 4.79 Å². The number of anilines is 1. The minimum Gasteiger partial charge on any atom is -0.449 e. The lowest BCUT2D eigenvalue weighted by molar-refractivity contribution is -0.123. The lowest BCUT2D eigenvalue weighted by Gasteiger charge is -2.14. The van der Waals surface area contributed by atoms with Crippen molar-refractivity contribution in [2.24, 2.45) is 0 Å². The van der Waals surface area contributed by atoms with E-state index in [2.05, 4.69) is 12.2 Å². The molecule has 0 spiro atoms. The lowest BCUT2D eigenvalue weighted by Crippen LogP contribution is -2.30. The second-order valence-corrected chi connectivity index (χ2v) is 6.89. The van der Waals surface area contributed by atoms with Crippen LogP contribution >= 0.6 is 0 Å². The maximum absolute atomic E-state index is 12.3. The van der Waals surface area contributed by atoms with Crippen LogP contribution in [-0.4, -0.2) is 28.4 Å². The number of esters is 1. The van der Waals surface area contributed by atoms with E-state index in [-0.39, 0.29) is 5.56 Å². The van der Waals surface area contributed by atoms with Crippen LogP contribution in [0.4, 0.5) is 5.69 Å². The molecule has 1 amide bonds. The number of amides is 1. The van der Waals surface area contributed by atoms with Crippen LogP contribution in [0.1, 0.15) is 29.8 Å². The highest BCUT2D eigenvalue weighted by Crippen LogP contribution is 2.15. The van der Waals surface area contributed by atoms with Gasteiger partial charge in [0.05, 0.1) is 21.3 Å². The van der Waals surface area contributed by atoms with Gasteiger partial charge < -0.3 is 10.1 Å². The highest BCUT2D eigenvalue weighted by Gasteiger charge is 2.21. The van der Waals surface area contributed by atoms with Gasteiger partial charge in [0.25, 0.3) is 5.91 Å². The fourth-order valence-corrected chi connectivity index (χ4v) is 2.96. The highest BCUT2D eigenvalue weighted by atomic mass is 32.2. The zero-order valence-corrected chi connectivity index (χ0v) is 15.3. The maximum atomic E-state index is 12.3. The Hall–Kier alpha value is -2.47. The Kier molecular flexibility index (Phi) is 6.47. The highest BCUT2D eigenvalue weighted by molar-refractivity contribution is 7.84. The van der Waals surface area contributed by atoms with Crippen LogP contribution < -0.4 is 5.32 Å². The van der Waals surface area contributed by atoms with Crippen molar-refractivity contribution in [3.8, 4) is 0 Å². The quantitative estimate of drug-likeness (QED) is 0.804. The summed E-state index contributed by atoms with van der Waals surface area (Å²) in [6.45, 7) is 3.55. The van der Waals surface area contributed by atoms with Crippen LogP contribution in [0.5, 0.6) is 0 Å². The van der Waals surface area contributed by atoms with Gasteiger partial charge in [0.1, 0.15) is 0 Å². The molecule has 2 rings (SSSR count). The predicted molar refractivity (Wildman–Crippen MR) is 98.1 cm³/mol. The SMILES string of the molecule is CCc1ccc(NC(=O)[C@@H](C)OC(=O)c2ccccc2[S@](C)=O)cc1. The van der Waals surface area contributed by atoms with Gasteiger partial charge in [0, 0.05) is 11.9 Å². The summed E-state index contributed by atoms with van der Waals surface area (Å²) in [5.41, 5.74) is 2.01. The van der Waals surface area contributed by atoms with Gasteiger partial charge in [-0.15, -0.1) is 0 Å². The third-order valence-corrected chi connectivity index (χ3v) is 4.67. The number of carbonyl (C=O) groups excluding carboxylic acids is 2. The molecule has 1 N–H and O–H groups in total. The summed E-state index contributed by atoms with van der Waals surface area (Å²) < 4.78 is 16.9. The molecule has 0 radical (unpaired) electrons. The summed E-state index contributed by atoms with van der Waals surface area (Å²) in [6.07, 6.45) is 1.43. The van der Waals surface area contributed by atoms with Crippen LogP contribution in [0.15, 0.2) is 53.4 Å². The molecule has 0 bridgehead atoms. The normalized spacial score (nSPS) is 12.9. The van der Waals surface area contributed by atoms with Gasteiger partial charge in [0.15, 0.2) is 6.10 Å². The molecular weight excluding hydrogens is 338 g/mol. The zero-order chi connectivity index (χ0) is 18.4. The fourth-order valence-electron chi connectivity index (χ4n) is 2.23. The van der Waals surface area contributed by atoms with Crippen LogP contribution in [0.25, 0.3) is 0 Å². The topological polar surface area (TPSA) is 72.5 Å². The number of benzene rings is 2. The molecule has 0 aliphatic carbocycles. The Morgan fingerprint density at radius 1 is 1.12 bits per heavy atom. The number of rotatable bonds is 6. The fraction of sp³-hybridized carbons (Fsp3) is 0.263. The summed E-state index contributed by atoms with van der Waals surface area (Å²) in [6, 6.07) is 14.0. The Balaban J connectivity index is 2.03. The van der Waals surface area contributed by atoms with E-state index < -0.39 is 28.8 Å². The Morgan fingerprint density at radius 3 is 2.36 bits per heavy atom. The Morgan fingerprint density at radius 2 is 1.76 bits per heavy atom. The van der Waals surface area contributed by atoms with Crippen LogP contribution in [0.2, 0.25) is 0 Å². The van der Waals surface area contributed by atoms with Crippen molar-refractivity contribution < 1.29 is 18.5 Å². The van der Waals surface area contributed by atoms with Gasteiger partial charge in [-0.1, -0.05) is 31.2 Å².